The van der Waals surface area contributed by atoms with Gasteiger partial charge < -0.3 is 10.1 Å². The number of carbonyl (C=O) groups is 1. The number of para-hydroxylation sites is 1. The van der Waals surface area contributed by atoms with Crippen molar-refractivity contribution >= 4 is 33.2 Å². The monoisotopic (exact) mass is 382 g/mol. The molecule has 0 saturated carbocycles. The van der Waals surface area contributed by atoms with Gasteiger partial charge in [0.05, 0.1) is 23.4 Å². The topological polar surface area (TPSA) is 84.5 Å². The van der Waals surface area contributed by atoms with E-state index in [9.17, 15) is 13.2 Å². The van der Waals surface area contributed by atoms with Gasteiger partial charge in [-0.15, -0.1) is 0 Å². The molecule has 134 valence electrons. The number of hydrogen-bond acceptors (Lipinski definition) is 4. The second-order valence-electron chi connectivity index (χ2n) is 5.29. The number of anilines is 1. The van der Waals surface area contributed by atoms with E-state index in [1.807, 2.05) is 31.2 Å². The van der Waals surface area contributed by atoms with Crippen molar-refractivity contribution in [2.45, 2.75) is 13.5 Å². The fraction of sp³-hybridized carbons (Fsp3) is 0.235. The van der Waals surface area contributed by atoms with E-state index in [1.165, 1.54) is 18.2 Å². The second-order valence-corrected chi connectivity index (χ2v) is 7.45. The van der Waals surface area contributed by atoms with E-state index in [0.717, 1.165) is 11.8 Å². The van der Waals surface area contributed by atoms with Crippen LogP contribution in [0.5, 0.6) is 5.75 Å². The standard InChI is InChI=1S/C17H19ClN2O4S/c1-3-24-16-7-5-4-6-12(16)11-19-17(21)14-9-8-13(10-15(14)18)20-25(2,22)23/h4-10,20H,3,11H2,1-2H3,(H,19,21). The summed E-state index contributed by atoms with van der Waals surface area (Å²) in [5, 5.41) is 2.94. The molecule has 0 bridgehead atoms. The minimum atomic E-state index is -3.41. The molecule has 0 heterocycles. The number of amides is 1. The molecule has 0 aromatic heterocycles. The van der Waals surface area contributed by atoms with Crippen LogP contribution in [0.1, 0.15) is 22.8 Å². The molecule has 0 radical (unpaired) electrons. The van der Waals surface area contributed by atoms with Gasteiger partial charge in [-0.1, -0.05) is 29.8 Å². The van der Waals surface area contributed by atoms with Gasteiger partial charge in [-0.2, -0.15) is 0 Å². The Bertz CT molecular complexity index is 869. The minimum absolute atomic E-state index is 0.157. The first-order valence-electron chi connectivity index (χ1n) is 7.56. The number of benzene rings is 2. The summed E-state index contributed by atoms with van der Waals surface area (Å²) in [6.45, 7) is 2.71. The molecule has 1 amide bonds. The number of sulfonamides is 1. The van der Waals surface area contributed by atoms with Gasteiger partial charge in [0.1, 0.15) is 5.75 Å². The van der Waals surface area contributed by atoms with Crippen molar-refractivity contribution in [2.24, 2.45) is 0 Å². The molecule has 2 rings (SSSR count). The van der Waals surface area contributed by atoms with E-state index in [4.69, 9.17) is 16.3 Å². The van der Waals surface area contributed by atoms with Crippen LogP contribution >= 0.6 is 11.6 Å². The molecule has 0 atom stereocenters. The lowest BCUT2D eigenvalue weighted by molar-refractivity contribution is 0.0951. The van der Waals surface area contributed by atoms with E-state index in [0.29, 0.717) is 18.0 Å². The third kappa shape index (κ3) is 5.65. The highest BCUT2D eigenvalue weighted by Gasteiger charge is 2.13. The molecule has 25 heavy (non-hydrogen) atoms. The normalized spacial score (nSPS) is 11.0. The highest BCUT2D eigenvalue weighted by Crippen LogP contribution is 2.22. The Hall–Kier alpha value is -2.25. The van der Waals surface area contributed by atoms with Crippen molar-refractivity contribution in [1.82, 2.24) is 5.32 Å². The molecule has 0 aliphatic heterocycles. The molecule has 2 aromatic carbocycles. The molecular formula is C17H19ClN2O4S. The quantitative estimate of drug-likeness (QED) is 0.770. The fourth-order valence-electron chi connectivity index (χ4n) is 2.19. The lowest BCUT2D eigenvalue weighted by Crippen LogP contribution is -2.23. The zero-order chi connectivity index (χ0) is 18.4. The smallest absolute Gasteiger partial charge is 0.253 e. The molecule has 0 spiro atoms. The number of carbonyl (C=O) groups excluding carboxylic acids is 1. The van der Waals surface area contributed by atoms with Crippen molar-refractivity contribution in [3.63, 3.8) is 0 Å². The van der Waals surface area contributed by atoms with Crippen LogP contribution in [0.15, 0.2) is 42.5 Å². The first-order valence-corrected chi connectivity index (χ1v) is 9.83. The molecule has 2 aromatic rings. The van der Waals surface area contributed by atoms with E-state index in [2.05, 4.69) is 10.0 Å². The summed E-state index contributed by atoms with van der Waals surface area (Å²) >= 11 is 6.10. The lowest BCUT2D eigenvalue weighted by Gasteiger charge is -2.12. The molecule has 0 saturated heterocycles. The third-order valence-corrected chi connectivity index (χ3v) is 4.15. The summed E-state index contributed by atoms with van der Waals surface area (Å²) < 4.78 is 30.3. The molecule has 0 aliphatic carbocycles. The Morgan fingerprint density at radius 1 is 1.20 bits per heavy atom. The van der Waals surface area contributed by atoms with Crippen molar-refractivity contribution in [3.8, 4) is 5.75 Å². The molecule has 0 aliphatic rings. The maximum Gasteiger partial charge on any atom is 0.253 e. The predicted octanol–water partition coefficient (Wildman–Crippen LogP) is 3.04. The van der Waals surface area contributed by atoms with Gasteiger partial charge in [-0.05, 0) is 31.2 Å². The molecule has 8 heteroatoms. The molecule has 6 nitrogen and oxygen atoms in total. The molecule has 0 fully saturated rings. The van der Waals surface area contributed by atoms with Gasteiger partial charge in [-0.3, -0.25) is 9.52 Å². The lowest BCUT2D eigenvalue weighted by atomic mass is 10.1. The number of ether oxygens (including phenoxy) is 1. The van der Waals surface area contributed by atoms with Crippen LogP contribution in [0.4, 0.5) is 5.69 Å². The Labute approximate surface area is 152 Å². The summed E-state index contributed by atoms with van der Waals surface area (Å²) in [6, 6.07) is 11.8. The third-order valence-electron chi connectivity index (χ3n) is 3.23. The summed E-state index contributed by atoms with van der Waals surface area (Å²) in [5.74, 6) is 0.353. The summed E-state index contributed by atoms with van der Waals surface area (Å²) in [7, 11) is -3.41. The zero-order valence-corrected chi connectivity index (χ0v) is 15.4. The minimum Gasteiger partial charge on any atom is -0.494 e. The highest BCUT2D eigenvalue weighted by atomic mass is 35.5. The van der Waals surface area contributed by atoms with Crippen LogP contribution in [-0.4, -0.2) is 27.2 Å². The maximum absolute atomic E-state index is 12.3. The predicted molar refractivity (Wildman–Crippen MR) is 98.7 cm³/mol. The van der Waals surface area contributed by atoms with Crippen LogP contribution in [0, 0.1) is 0 Å². The van der Waals surface area contributed by atoms with Gasteiger partial charge in [0, 0.05) is 17.8 Å². The average molecular weight is 383 g/mol. The van der Waals surface area contributed by atoms with Crippen molar-refractivity contribution in [2.75, 3.05) is 17.6 Å². The first-order chi connectivity index (χ1) is 11.8. The number of halogens is 1. The Kier molecular flexibility index (Phi) is 6.27. The van der Waals surface area contributed by atoms with E-state index >= 15 is 0 Å². The SMILES string of the molecule is CCOc1ccccc1CNC(=O)c1ccc(NS(C)(=O)=O)cc1Cl. The zero-order valence-electron chi connectivity index (χ0n) is 13.9. The molecule has 2 N–H and O–H groups in total. The van der Waals surface area contributed by atoms with Crippen molar-refractivity contribution < 1.29 is 17.9 Å². The van der Waals surface area contributed by atoms with E-state index < -0.39 is 10.0 Å². The van der Waals surface area contributed by atoms with Gasteiger partial charge in [0.25, 0.3) is 5.91 Å². The molecular weight excluding hydrogens is 364 g/mol. The van der Waals surface area contributed by atoms with Crippen LogP contribution in [-0.2, 0) is 16.6 Å². The fourth-order valence-corrected chi connectivity index (χ4v) is 3.02. The summed E-state index contributed by atoms with van der Waals surface area (Å²) in [4.78, 5) is 12.3. The van der Waals surface area contributed by atoms with Crippen LogP contribution < -0.4 is 14.8 Å². The Morgan fingerprint density at radius 3 is 2.56 bits per heavy atom. The second kappa shape index (κ2) is 8.22. The number of rotatable bonds is 7. The number of nitrogens with one attached hydrogen (secondary N) is 2. The maximum atomic E-state index is 12.3. The summed E-state index contributed by atoms with van der Waals surface area (Å²) in [5.41, 5.74) is 1.41. The van der Waals surface area contributed by atoms with Crippen LogP contribution in [0.25, 0.3) is 0 Å². The largest absolute Gasteiger partial charge is 0.494 e. The Balaban J connectivity index is 2.09. The van der Waals surface area contributed by atoms with Gasteiger partial charge in [-0.25, -0.2) is 8.42 Å². The average Bonchev–Trinajstić information content (AvgIpc) is 2.52. The van der Waals surface area contributed by atoms with Crippen LogP contribution in [0.2, 0.25) is 5.02 Å². The molecule has 0 unspecified atom stereocenters. The van der Waals surface area contributed by atoms with Crippen molar-refractivity contribution in [3.05, 3.63) is 58.6 Å². The van der Waals surface area contributed by atoms with Gasteiger partial charge in [0.15, 0.2) is 0 Å². The van der Waals surface area contributed by atoms with E-state index in [-0.39, 0.29) is 23.0 Å². The van der Waals surface area contributed by atoms with Gasteiger partial charge in [0.2, 0.25) is 10.0 Å². The number of hydrogen-bond donors (Lipinski definition) is 2. The van der Waals surface area contributed by atoms with E-state index in [1.54, 1.807) is 0 Å². The first kappa shape index (κ1) is 19.1. The highest BCUT2D eigenvalue weighted by molar-refractivity contribution is 7.92. The summed E-state index contributed by atoms with van der Waals surface area (Å²) in [6.07, 6.45) is 1.04. The van der Waals surface area contributed by atoms with Gasteiger partial charge >= 0.3 is 0 Å². The van der Waals surface area contributed by atoms with Crippen molar-refractivity contribution in [1.29, 1.82) is 0 Å². The Morgan fingerprint density at radius 2 is 1.92 bits per heavy atom. The van der Waals surface area contributed by atoms with Crippen LogP contribution in [0.3, 0.4) is 0 Å².